The quantitative estimate of drug-likeness (QED) is 0.585. The number of aliphatic hydroxyl groups excluding tert-OH is 1. The van der Waals surface area contributed by atoms with Crippen LogP contribution in [0.4, 0.5) is 4.39 Å². The molecule has 2 aromatic rings. The molecule has 0 fully saturated rings. The van der Waals surface area contributed by atoms with E-state index in [2.05, 4.69) is 11.2 Å². The number of allylic oxidation sites excluding steroid dienone is 1. The molecule has 1 amide bonds. The summed E-state index contributed by atoms with van der Waals surface area (Å²) in [5.74, 6) is 1.86. The molecule has 0 radical (unpaired) electrons. The highest BCUT2D eigenvalue weighted by atomic mass is 19.1. The number of carbonyl (C=O) groups is 1. The van der Waals surface area contributed by atoms with E-state index in [1.54, 1.807) is 12.1 Å². The van der Waals surface area contributed by atoms with E-state index in [1.807, 2.05) is 37.3 Å². The SMILES string of the molecule is C#Cc1ccc([C@@H]2C=C(C(=O)NCc3ccc(F)cc3)O[C@H](OCC)[C@@H]2CCCO)cc1. The lowest BCUT2D eigenvalue weighted by Crippen LogP contribution is -2.39. The van der Waals surface area contributed by atoms with Crippen LogP contribution in [0.25, 0.3) is 0 Å². The minimum atomic E-state index is -0.625. The fraction of sp³-hybridized carbons (Fsp3) is 0.346. The van der Waals surface area contributed by atoms with Crippen LogP contribution in [0.1, 0.15) is 42.4 Å². The van der Waals surface area contributed by atoms with E-state index < -0.39 is 6.29 Å². The van der Waals surface area contributed by atoms with Crippen LogP contribution in [0.2, 0.25) is 0 Å². The van der Waals surface area contributed by atoms with Crippen LogP contribution < -0.4 is 5.32 Å². The summed E-state index contributed by atoms with van der Waals surface area (Å²) >= 11 is 0. The van der Waals surface area contributed by atoms with Gasteiger partial charge in [-0.1, -0.05) is 30.2 Å². The average Bonchev–Trinajstić information content (AvgIpc) is 2.82. The molecule has 5 nitrogen and oxygen atoms in total. The van der Waals surface area contributed by atoms with Gasteiger partial charge in [0.1, 0.15) is 5.82 Å². The maximum Gasteiger partial charge on any atom is 0.286 e. The Morgan fingerprint density at radius 2 is 1.94 bits per heavy atom. The van der Waals surface area contributed by atoms with Gasteiger partial charge < -0.3 is 19.9 Å². The molecule has 32 heavy (non-hydrogen) atoms. The highest BCUT2D eigenvalue weighted by Crippen LogP contribution is 2.39. The smallest absolute Gasteiger partial charge is 0.286 e. The maximum absolute atomic E-state index is 13.1. The van der Waals surface area contributed by atoms with Gasteiger partial charge in [0, 0.05) is 37.2 Å². The standard InChI is InChI=1S/C26H28FNO4/c1-3-18-7-11-20(12-8-18)23-16-24(32-26(31-4-2)22(23)6-5-15-29)25(30)28-17-19-9-13-21(27)14-10-19/h1,7-14,16,22-23,26,29H,4-6,15,17H2,2H3,(H,28,30)/t22-,23+,26+/m1/s1. The zero-order valence-corrected chi connectivity index (χ0v) is 18.1. The van der Waals surface area contributed by atoms with E-state index >= 15 is 0 Å². The number of hydrogen-bond acceptors (Lipinski definition) is 4. The van der Waals surface area contributed by atoms with Gasteiger partial charge in [0.2, 0.25) is 6.29 Å². The fourth-order valence-corrected chi connectivity index (χ4v) is 3.82. The van der Waals surface area contributed by atoms with Crippen LogP contribution in [0.3, 0.4) is 0 Å². The third-order valence-electron chi connectivity index (χ3n) is 5.46. The van der Waals surface area contributed by atoms with Crippen LogP contribution in [0, 0.1) is 24.1 Å². The van der Waals surface area contributed by atoms with Crippen LogP contribution in [0.15, 0.2) is 60.4 Å². The van der Waals surface area contributed by atoms with Crippen LogP contribution in [-0.2, 0) is 20.8 Å². The molecule has 3 rings (SSSR count). The Morgan fingerprint density at radius 3 is 2.56 bits per heavy atom. The van der Waals surface area contributed by atoms with Crippen molar-refractivity contribution in [1.82, 2.24) is 5.32 Å². The van der Waals surface area contributed by atoms with Gasteiger partial charge in [-0.05, 0) is 61.2 Å². The zero-order chi connectivity index (χ0) is 22.9. The first-order valence-corrected chi connectivity index (χ1v) is 10.8. The molecular weight excluding hydrogens is 409 g/mol. The first-order valence-electron chi connectivity index (χ1n) is 10.8. The second-order valence-corrected chi connectivity index (χ2v) is 7.60. The lowest BCUT2D eigenvalue weighted by atomic mass is 9.80. The van der Waals surface area contributed by atoms with Crippen molar-refractivity contribution in [1.29, 1.82) is 0 Å². The van der Waals surface area contributed by atoms with Gasteiger partial charge in [0.05, 0.1) is 0 Å². The lowest BCUT2D eigenvalue weighted by molar-refractivity contribution is -0.166. The molecule has 1 aliphatic heterocycles. The minimum absolute atomic E-state index is 0.0623. The third kappa shape index (κ3) is 5.97. The molecule has 2 aromatic carbocycles. The predicted octanol–water partition coefficient (Wildman–Crippen LogP) is 3.87. The normalized spacial score (nSPS) is 20.1. The first kappa shape index (κ1) is 23.5. The van der Waals surface area contributed by atoms with Gasteiger partial charge in [-0.3, -0.25) is 4.79 Å². The molecule has 0 spiro atoms. The number of terminal acetylenes is 1. The summed E-state index contributed by atoms with van der Waals surface area (Å²) in [6, 6.07) is 13.6. The second-order valence-electron chi connectivity index (χ2n) is 7.60. The molecule has 0 saturated carbocycles. The molecule has 0 aromatic heterocycles. The first-order chi connectivity index (χ1) is 15.5. The Kier molecular flexibility index (Phi) is 8.43. The highest BCUT2D eigenvalue weighted by molar-refractivity contribution is 5.91. The number of aliphatic hydroxyl groups is 1. The minimum Gasteiger partial charge on any atom is -0.459 e. The van der Waals surface area contributed by atoms with Gasteiger partial charge in [-0.2, -0.15) is 0 Å². The molecule has 0 aliphatic carbocycles. The van der Waals surface area contributed by atoms with Gasteiger partial charge in [0.25, 0.3) is 5.91 Å². The summed E-state index contributed by atoms with van der Waals surface area (Å²) in [4.78, 5) is 12.9. The number of rotatable bonds is 9. The predicted molar refractivity (Wildman–Crippen MR) is 120 cm³/mol. The summed E-state index contributed by atoms with van der Waals surface area (Å²) in [6.45, 7) is 2.60. The van der Waals surface area contributed by atoms with E-state index in [4.69, 9.17) is 15.9 Å². The number of hydrogen-bond donors (Lipinski definition) is 2. The Balaban J connectivity index is 1.85. The summed E-state index contributed by atoms with van der Waals surface area (Å²) < 4.78 is 24.9. The van der Waals surface area contributed by atoms with Crippen molar-refractivity contribution in [3.8, 4) is 12.3 Å². The van der Waals surface area contributed by atoms with E-state index in [-0.39, 0.29) is 42.5 Å². The Bertz CT molecular complexity index is 963. The number of nitrogens with one attached hydrogen (secondary N) is 1. The number of carbonyl (C=O) groups excluding carboxylic acids is 1. The molecular formula is C26H28FNO4. The van der Waals surface area contributed by atoms with Crippen LogP contribution >= 0.6 is 0 Å². The van der Waals surface area contributed by atoms with Gasteiger partial charge >= 0.3 is 0 Å². The van der Waals surface area contributed by atoms with E-state index in [0.717, 1.165) is 16.7 Å². The van der Waals surface area contributed by atoms with Gasteiger partial charge in [-0.15, -0.1) is 6.42 Å². The van der Waals surface area contributed by atoms with Gasteiger partial charge in [0.15, 0.2) is 5.76 Å². The largest absolute Gasteiger partial charge is 0.459 e. The lowest BCUT2D eigenvalue weighted by Gasteiger charge is -2.37. The Morgan fingerprint density at radius 1 is 1.22 bits per heavy atom. The van der Waals surface area contributed by atoms with E-state index in [1.165, 1.54) is 12.1 Å². The molecule has 0 bridgehead atoms. The maximum atomic E-state index is 13.1. The van der Waals surface area contributed by atoms with Crippen molar-refractivity contribution in [2.75, 3.05) is 13.2 Å². The Labute approximate surface area is 188 Å². The molecule has 6 heteroatoms. The van der Waals surface area contributed by atoms with Crippen molar-refractivity contribution in [2.24, 2.45) is 5.92 Å². The van der Waals surface area contributed by atoms with E-state index in [9.17, 15) is 14.3 Å². The Hall–Kier alpha value is -3.14. The summed E-state index contributed by atoms with van der Waals surface area (Å²) in [5.41, 5.74) is 2.54. The molecule has 1 aliphatic rings. The van der Waals surface area contributed by atoms with Crippen LogP contribution in [0.5, 0.6) is 0 Å². The molecule has 168 valence electrons. The summed E-state index contributed by atoms with van der Waals surface area (Å²) in [5, 5.41) is 12.2. The molecule has 0 unspecified atom stereocenters. The molecule has 2 N–H and O–H groups in total. The van der Waals surface area contributed by atoms with E-state index in [0.29, 0.717) is 19.4 Å². The number of amides is 1. The number of ether oxygens (including phenoxy) is 2. The second kappa shape index (κ2) is 11.5. The van der Waals surface area contributed by atoms with Crippen molar-refractivity contribution in [2.45, 2.75) is 38.5 Å². The van der Waals surface area contributed by atoms with Crippen LogP contribution in [-0.4, -0.2) is 30.5 Å². The summed E-state index contributed by atoms with van der Waals surface area (Å²) in [7, 11) is 0. The number of halogens is 1. The monoisotopic (exact) mass is 437 g/mol. The topological polar surface area (TPSA) is 67.8 Å². The summed E-state index contributed by atoms with van der Waals surface area (Å²) in [6.07, 6.45) is 7.93. The highest BCUT2D eigenvalue weighted by Gasteiger charge is 2.37. The molecule has 3 atom stereocenters. The van der Waals surface area contributed by atoms with Crippen molar-refractivity contribution >= 4 is 5.91 Å². The van der Waals surface area contributed by atoms with Gasteiger partial charge in [-0.25, -0.2) is 4.39 Å². The molecule has 1 heterocycles. The number of benzene rings is 2. The zero-order valence-electron chi connectivity index (χ0n) is 18.1. The average molecular weight is 438 g/mol. The third-order valence-corrected chi connectivity index (χ3v) is 5.46. The molecule has 0 saturated heterocycles. The van der Waals surface area contributed by atoms with Crippen molar-refractivity contribution in [3.05, 3.63) is 82.9 Å². The van der Waals surface area contributed by atoms with Crippen molar-refractivity contribution < 1.29 is 23.8 Å². The van der Waals surface area contributed by atoms with Crippen molar-refractivity contribution in [3.63, 3.8) is 0 Å². The fourth-order valence-electron chi connectivity index (χ4n) is 3.82.